The third kappa shape index (κ3) is 6.50. The topological polar surface area (TPSA) is 162 Å². The van der Waals surface area contributed by atoms with Gasteiger partial charge in [0.2, 0.25) is 21.8 Å². The number of urea groups is 1. The number of amides is 3. The van der Waals surface area contributed by atoms with E-state index < -0.39 is 27.4 Å². The zero-order chi connectivity index (χ0) is 33.3. The van der Waals surface area contributed by atoms with E-state index in [1.54, 1.807) is 34.1 Å². The van der Waals surface area contributed by atoms with Crippen LogP contribution < -0.4 is 15.0 Å². The van der Waals surface area contributed by atoms with Crippen LogP contribution in [0.4, 0.5) is 15.6 Å². The number of carboxylic acids is 1. The SMILES string of the molecule is COc1ccc2nc(NC(=O)N3CC4(CCN(C(C)=O)C4)c4cc(S(=O)(=O)N(CCCC(=O)O)Cc5ccccc5)ccc43)sc2n1. The summed E-state index contributed by atoms with van der Waals surface area (Å²) in [4.78, 5) is 50.2. The summed E-state index contributed by atoms with van der Waals surface area (Å²) in [6.07, 6.45) is 0.521. The van der Waals surface area contributed by atoms with Gasteiger partial charge in [0.25, 0.3) is 0 Å². The van der Waals surface area contributed by atoms with Crippen LogP contribution in [0.15, 0.2) is 65.6 Å². The first kappa shape index (κ1) is 32.3. The smallest absolute Gasteiger partial charge is 0.328 e. The molecule has 3 amide bonds. The Morgan fingerprint density at radius 1 is 1.09 bits per heavy atom. The van der Waals surface area contributed by atoms with E-state index in [0.717, 1.165) is 5.56 Å². The van der Waals surface area contributed by atoms with Crippen LogP contribution in [0, 0.1) is 0 Å². The highest BCUT2D eigenvalue weighted by molar-refractivity contribution is 7.89. The summed E-state index contributed by atoms with van der Waals surface area (Å²) in [6.45, 7) is 2.63. The number of ether oxygens (including phenoxy) is 1. The molecule has 1 atom stereocenters. The number of nitrogens with zero attached hydrogens (tertiary/aromatic N) is 5. The molecule has 4 heterocycles. The first-order valence-electron chi connectivity index (χ1n) is 15.1. The van der Waals surface area contributed by atoms with E-state index in [1.165, 1.54) is 35.7 Å². The van der Waals surface area contributed by atoms with Crippen molar-refractivity contribution in [2.45, 2.75) is 43.0 Å². The molecule has 0 radical (unpaired) electrons. The molecule has 13 nitrogen and oxygen atoms in total. The Morgan fingerprint density at radius 3 is 2.57 bits per heavy atom. The molecular weight excluding hydrogens is 645 g/mol. The maximum absolute atomic E-state index is 14.2. The van der Waals surface area contributed by atoms with Gasteiger partial charge in [-0.2, -0.15) is 4.31 Å². The maximum Gasteiger partial charge on any atom is 0.328 e. The number of carboxylic acid groups (broad SMARTS) is 1. The Bertz CT molecular complexity index is 1950. The van der Waals surface area contributed by atoms with Crippen molar-refractivity contribution in [3.8, 4) is 5.88 Å². The normalized spacial score (nSPS) is 17.4. The number of thiazole rings is 1. The number of pyridine rings is 1. The van der Waals surface area contributed by atoms with Crippen LogP contribution in [0.3, 0.4) is 0 Å². The lowest BCUT2D eigenvalue weighted by molar-refractivity contribution is -0.137. The van der Waals surface area contributed by atoms with Gasteiger partial charge >= 0.3 is 12.0 Å². The van der Waals surface area contributed by atoms with Crippen LogP contribution in [0.5, 0.6) is 5.88 Å². The summed E-state index contributed by atoms with van der Waals surface area (Å²) in [5.74, 6) is -0.668. The predicted molar refractivity (Wildman–Crippen MR) is 176 cm³/mol. The summed E-state index contributed by atoms with van der Waals surface area (Å²) in [5.41, 5.74) is 1.91. The Morgan fingerprint density at radius 2 is 1.87 bits per heavy atom. The lowest BCUT2D eigenvalue weighted by atomic mass is 9.81. The molecule has 15 heteroatoms. The molecule has 1 fully saturated rings. The number of benzene rings is 2. The lowest BCUT2D eigenvalue weighted by Gasteiger charge is -2.26. The standard InChI is InChI=1S/C32H34N6O7S2/c1-21(39)36-16-14-32(19-36)20-38(31(42)35-30-33-25-11-13-27(45-2)34-29(25)46-30)26-12-10-23(17-24(26)32)47(43,44)37(15-6-9-28(40)41)18-22-7-4-3-5-8-22/h3-5,7-8,10-13,17H,6,9,14-16,18-20H2,1-2H3,(H,40,41)(H,33,35,42). The maximum atomic E-state index is 14.2. The third-order valence-electron chi connectivity index (χ3n) is 8.63. The number of aliphatic carboxylic acids is 1. The molecule has 2 aromatic heterocycles. The van der Waals surface area contributed by atoms with Crippen molar-refractivity contribution in [2.75, 3.05) is 43.5 Å². The predicted octanol–water partition coefficient (Wildman–Crippen LogP) is 4.30. The zero-order valence-corrected chi connectivity index (χ0v) is 27.5. The Balaban J connectivity index is 1.34. The minimum atomic E-state index is -4.09. The van der Waals surface area contributed by atoms with Crippen molar-refractivity contribution in [2.24, 2.45) is 0 Å². The van der Waals surface area contributed by atoms with Crippen molar-refractivity contribution >= 4 is 60.4 Å². The van der Waals surface area contributed by atoms with Gasteiger partial charge in [-0.1, -0.05) is 41.7 Å². The van der Waals surface area contributed by atoms with Gasteiger partial charge in [-0.3, -0.25) is 19.8 Å². The molecule has 0 bridgehead atoms. The summed E-state index contributed by atoms with van der Waals surface area (Å²) in [7, 11) is -2.57. The van der Waals surface area contributed by atoms with Crippen LogP contribution in [0.25, 0.3) is 10.3 Å². The highest BCUT2D eigenvalue weighted by Crippen LogP contribution is 2.47. The molecular formula is C32H34N6O7S2. The minimum absolute atomic E-state index is 0.0152. The first-order chi connectivity index (χ1) is 22.5. The van der Waals surface area contributed by atoms with E-state index in [2.05, 4.69) is 15.3 Å². The van der Waals surface area contributed by atoms with E-state index in [0.29, 0.717) is 52.1 Å². The van der Waals surface area contributed by atoms with Crippen molar-refractivity contribution < 1.29 is 32.6 Å². The number of hydrogen-bond acceptors (Lipinski definition) is 9. The monoisotopic (exact) mass is 678 g/mol. The highest BCUT2D eigenvalue weighted by Gasteiger charge is 2.50. The van der Waals surface area contributed by atoms with Crippen LogP contribution in [0.2, 0.25) is 0 Å². The van der Waals surface area contributed by atoms with Crippen LogP contribution in [0.1, 0.15) is 37.3 Å². The van der Waals surface area contributed by atoms with Gasteiger partial charge in [0.15, 0.2) is 5.13 Å². The third-order valence-corrected chi connectivity index (χ3v) is 11.3. The van der Waals surface area contributed by atoms with Crippen LogP contribution >= 0.6 is 11.3 Å². The molecule has 1 saturated heterocycles. The number of sulfonamides is 1. The Labute approximate surface area is 275 Å². The molecule has 0 aliphatic carbocycles. The first-order valence-corrected chi connectivity index (χ1v) is 17.3. The van der Waals surface area contributed by atoms with Crippen molar-refractivity contribution in [1.82, 2.24) is 19.2 Å². The number of carbonyl (C=O) groups excluding carboxylic acids is 2. The molecule has 47 heavy (non-hydrogen) atoms. The molecule has 2 aliphatic rings. The number of carbonyl (C=O) groups is 3. The van der Waals surface area contributed by atoms with Gasteiger partial charge in [0, 0.05) is 63.2 Å². The number of aromatic nitrogens is 2. The summed E-state index contributed by atoms with van der Waals surface area (Å²) >= 11 is 1.21. The quantitative estimate of drug-likeness (QED) is 0.249. The molecule has 246 valence electrons. The van der Waals surface area contributed by atoms with Gasteiger partial charge < -0.3 is 14.7 Å². The molecule has 6 rings (SSSR count). The van der Waals surface area contributed by atoms with Crippen molar-refractivity contribution in [3.05, 3.63) is 71.8 Å². The van der Waals surface area contributed by atoms with Gasteiger partial charge in [0.05, 0.1) is 12.0 Å². The average molecular weight is 679 g/mol. The fraction of sp³-hybridized carbons (Fsp3) is 0.344. The highest BCUT2D eigenvalue weighted by atomic mass is 32.2. The molecule has 2 aromatic carbocycles. The second-order valence-electron chi connectivity index (χ2n) is 11.7. The molecule has 1 spiro atoms. The van der Waals surface area contributed by atoms with E-state index in [1.807, 2.05) is 30.3 Å². The molecule has 2 aliphatic heterocycles. The van der Waals surface area contributed by atoms with E-state index >= 15 is 0 Å². The Hall–Kier alpha value is -4.60. The molecule has 0 saturated carbocycles. The molecule has 4 aromatic rings. The second kappa shape index (κ2) is 12.9. The average Bonchev–Trinajstić information content (AvgIpc) is 3.76. The van der Waals surface area contributed by atoms with Gasteiger partial charge in [0.1, 0.15) is 10.3 Å². The van der Waals surface area contributed by atoms with Gasteiger partial charge in [-0.25, -0.2) is 23.2 Å². The zero-order valence-electron chi connectivity index (χ0n) is 25.9. The summed E-state index contributed by atoms with van der Waals surface area (Å²) in [5, 5.41) is 12.4. The number of likely N-dealkylation sites (tertiary alicyclic amines) is 1. The molecule has 2 N–H and O–H groups in total. The van der Waals surface area contributed by atoms with Crippen molar-refractivity contribution in [3.63, 3.8) is 0 Å². The number of anilines is 2. The number of methoxy groups -OCH3 is 1. The van der Waals surface area contributed by atoms with Gasteiger partial charge in [-0.15, -0.1) is 0 Å². The largest absolute Gasteiger partial charge is 0.481 e. The van der Waals surface area contributed by atoms with E-state index in [9.17, 15) is 27.9 Å². The van der Waals surface area contributed by atoms with Crippen molar-refractivity contribution in [1.29, 1.82) is 0 Å². The van der Waals surface area contributed by atoms with Gasteiger partial charge in [-0.05, 0) is 48.2 Å². The number of nitrogens with one attached hydrogen (secondary N) is 1. The Kier molecular flexibility index (Phi) is 8.87. The number of fused-ring (bicyclic) bond motifs is 3. The van der Waals surface area contributed by atoms with E-state index in [-0.39, 0.29) is 43.3 Å². The number of rotatable bonds is 10. The summed E-state index contributed by atoms with van der Waals surface area (Å²) in [6, 6.07) is 16.9. The van der Waals surface area contributed by atoms with Crippen LogP contribution in [-0.2, 0) is 31.6 Å². The number of hydrogen-bond donors (Lipinski definition) is 2. The second-order valence-corrected chi connectivity index (χ2v) is 14.6. The fourth-order valence-electron chi connectivity index (χ4n) is 6.23. The lowest BCUT2D eigenvalue weighted by Crippen LogP contribution is -2.41. The molecule has 1 unspecified atom stereocenters. The van der Waals surface area contributed by atoms with E-state index in [4.69, 9.17) is 4.74 Å². The minimum Gasteiger partial charge on any atom is -0.481 e. The fourth-order valence-corrected chi connectivity index (χ4v) is 8.55. The summed E-state index contributed by atoms with van der Waals surface area (Å²) < 4.78 is 34.8. The van der Waals surface area contributed by atoms with Crippen LogP contribution in [-0.4, -0.2) is 83.9 Å².